The molecule has 1 rings (SSSR count). The monoisotopic (exact) mass is 223 g/mol. The number of rotatable bonds is 6. The van der Waals surface area contributed by atoms with Crippen molar-refractivity contribution in [3.8, 4) is 5.75 Å². The molecule has 0 aliphatic rings. The Kier molecular flexibility index (Phi) is 5.29. The van der Waals surface area contributed by atoms with Gasteiger partial charge in [0.05, 0.1) is 7.11 Å². The molecule has 2 N–H and O–H groups in total. The van der Waals surface area contributed by atoms with Crippen molar-refractivity contribution in [3.05, 3.63) is 29.3 Å². The topological polar surface area (TPSA) is 44.5 Å². The second kappa shape index (κ2) is 6.51. The van der Waals surface area contributed by atoms with Gasteiger partial charge in [-0.2, -0.15) is 0 Å². The van der Waals surface area contributed by atoms with E-state index in [9.17, 15) is 0 Å². The van der Waals surface area contributed by atoms with Crippen molar-refractivity contribution < 1.29 is 9.47 Å². The third kappa shape index (κ3) is 3.51. The van der Waals surface area contributed by atoms with Gasteiger partial charge in [-0.05, 0) is 31.4 Å². The Morgan fingerprint density at radius 3 is 2.69 bits per heavy atom. The van der Waals surface area contributed by atoms with E-state index in [0.29, 0.717) is 0 Å². The maximum absolute atomic E-state index is 6.13. The molecule has 0 bridgehead atoms. The van der Waals surface area contributed by atoms with Crippen molar-refractivity contribution in [2.24, 2.45) is 5.73 Å². The molecular formula is C13H21NO2. The van der Waals surface area contributed by atoms with Crippen LogP contribution >= 0.6 is 0 Å². The lowest BCUT2D eigenvalue weighted by molar-refractivity contribution is 0.190. The highest BCUT2D eigenvalue weighted by Gasteiger charge is 2.11. The molecule has 0 saturated heterocycles. The summed E-state index contributed by atoms with van der Waals surface area (Å²) < 4.78 is 10.4. The highest BCUT2D eigenvalue weighted by molar-refractivity contribution is 5.39. The van der Waals surface area contributed by atoms with E-state index in [1.165, 1.54) is 5.56 Å². The molecule has 0 spiro atoms. The van der Waals surface area contributed by atoms with Gasteiger partial charge in [0.2, 0.25) is 0 Å². The van der Waals surface area contributed by atoms with Gasteiger partial charge in [-0.25, -0.2) is 0 Å². The van der Waals surface area contributed by atoms with E-state index in [0.717, 1.165) is 30.8 Å². The first kappa shape index (κ1) is 13.0. The summed E-state index contributed by atoms with van der Waals surface area (Å²) in [5, 5.41) is 0. The highest BCUT2D eigenvalue weighted by atomic mass is 16.5. The molecule has 1 aromatic carbocycles. The van der Waals surface area contributed by atoms with Gasteiger partial charge in [-0.1, -0.05) is 12.1 Å². The minimum Gasteiger partial charge on any atom is -0.496 e. The summed E-state index contributed by atoms with van der Waals surface area (Å²) in [4.78, 5) is 0. The first-order chi connectivity index (χ1) is 7.69. The first-order valence-corrected chi connectivity index (χ1v) is 5.58. The summed E-state index contributed by atoms with van der Waals surface area (Å²) in [6.45, 7) is 2.80. The van der Waals surface area contributed by atoms with Gasteiger partial charge in [0.1, 0.15) is 5.75 Å². The lowest BCUT2D eigenvalue weighted by Gasteiger charge is -2.16. The van der Waals surface area contributed by atoms with E-state index >= 15 is 0 Å². The van der Waals surface area contributed by atoms with Crippen molar-refractivity contribution in [2.75, 3.05) is 20.8 Å². The van der Waals surface area contributed by atoms with Crippen molar-refractivity contribution in [1.82, 2.24) is 0 Å². The molecule has 90 valence electrons. The quantitative estimate of drug-likeness (QED) is 0.753. The van der Waals surface area contributed by atoms with E-state index < -0.39 is 0 Å². The zero-order valence-electron chi connectivity index (χ0n) is 10.3. The zero-order valence-corrected chi connectivity index (χ0v) is 10.3. The van der Waals surface area contributed by atoms with E-state index in [2.05, 4.69) is 6.07 Å². The average molecular weight is 223 g/mol. The molecule has 0 aromatic heterocycles. The second-order valence-electron chi connectivity index (χ2n) is 3.99. The Bertz CT molecular complexity index is 326. The number of ether oxygens (including phenoxy) is 2. The number of methoxy groups -OCH3 is 2. The molecule has 16 heavy (non-hydrogen) atoms. The maximum Gasteiger partial charge on any atom is 0.123 e. The van der Waals surface area contributed by atoms with E-state index in [-0.39, 0.29) is 6.04 Å². The molecule has 1 unspecified atom stereocenters. The molecular weight excluding hydrogens is 202 g/mol. The number of aryl methyl sites for hydroxylation is 1. The summed E-state index contributed by atoms with van der Waals surface area (Å²) >= 11 is 0. The number of nitrogens with two attached hydrogens (primary N) is 1. The zero-order chi connectivity index (χ0) is 12.0. The molecule has 1 atom stereocenters. The number of hydrogen-bond donors (Lipinski definition) is 1. The van der Waals surface area contributed by atoms with Crippen molar-refractivity contribution in [3.63, 3.8) is 0 Å². The minimum absolute atomic E-state index is 0.0192. The Balaban J connectivity index is 2.70. The summed E-state index contributed by atoms with van der Waals surface area (Å²) in [5.41, 5.74) is 8.38. The summed E-state index contributed by atoms with van der Waals surface area (Å²) in [6.07, 6.45) is 1.88. The molecule has 1 aromatic rings. The van der Waals surface area contributed by atoms with Crippen LogP contribution < -0.4 is 10.5 Å². The van der Waals surface area contributed by atoms with Crippen molar-refractivity contribution in [1.29, 1.82) is 0 Å². The van der Waals surface area contributed by atoms with Gasteiger partial charge in [0.15, 0.2) is 0 Å². The Hall–Kier alpha value is -1.06. The summed E-state index contributed by atoms with van der Waals surface area (Å²) in [5.74, 6) is 0.880. The Morgan fingerprint density at radius 2 is 2.06 bits per heavy atom. The predicted octanol–water partition coefficient (Wildman–Crippen LogP) is 2.43. The minimum atomic E-state index is 0.0192. The Labute approximate surface area is 97.6 Å². The van der Waals surface area contributed by atoms with Gasteiger partial charge < -0.3 is 15.2 Å². The van der Waals surface area contributed by atoms with Crippen LogP contribution in [0.15, 0.2) is 18.2 Å². The van der Waals surface area contributed by atoms with Gasteiger partial charge in [-0.15, -0.1) is 0 Å². The number of hydrogen-bond acceptors (Lipinski definition) is 3. The average Bonchev–Trinajstić information content (AvgIpc) is 2.29. The molecule has 3 nitrogen and oxygen atoms in total. The predicted molar refractivity (Wildman–Crippen MR) is 65.8 cm³/mol. The fourth-order valence-electron chi connectivity index (χ4n) is 1.73. The molecule has 0 amide bonds. The normalized spacial score (nSPS) is 12.5. The third-order valence-electron chi connectivity index (χ3n) is 2.65. The van der Waals surface area contributed by atoms with Crippen LogP contribution in [0.5, 0.6) is 5.75 Å². The second-order valence-corrected chi connectivity index (χ2v) is 3.99. The van der Waals surface area contributed by atoms with Crippen LogP contribution in [0.4, 0.5) is 0 Å². The molecule has 0 aliphatic heterocycles. The lowest BCUT2D eigenvalue weighted by Crippen LogP contribution is -2.12. The van der Waals surface area contributed by atoms with E-state index in [1.807, 2.05) is 19.1 Å². The van der Waals surface area contributed by atoms with Crippen molar-refractivity contribution >= 4 is 0 Å². The fraction of sp³-hybridized carbons (Fsp3) is 0.538. The van der Waals surface area contributed by atoms with E-state index in [4.69, 9.17) is 15.2 Å². The fourth-order valence-corrected chi connectivity index (χ4v) is 1.73. The Morgan fingerprint density at radius 1 is 1.31 bits per heavy atom. The van der Waals surface area contributed by atoms with Crippen LogP contribution in [0.2, 0.25) is 0 Å². The van der Waals surface area contributed by atoms with Crippen LogP contribution in [0.25, 0.3) is 0 Å². The van der Waals surface area contributed by atoms with Gasteiger partial charge >= 0.3 is 0 Å². The van der Waals surface area contributed by atoms with Crippen LogP contribution in [0.3, 0.4) is 0 Å². The summed E-state index contributed by atoms with van der Waals surface area (Å²) in [7, 11) is 3.39. The SMILES string of the molecule is COCCCC(N)c1ccc(C)cc1OC. The van der Waals surface area contributed by atoms with Gasteiger partial charge in [0, 0.05) is 25.3 Å². The van der Waals surface area contributed by atoms with Gasteiger partial charge in [-0.3, -0.25) is 0 Å². The molecule has 0 heterocycles. The largest absolute Gasteiger partial charge is 0.496 e. The standard InChI is InChI=1S/C13H21NO2/c1-10-6-7-11(13(9-10)16-3)12(14)5-4-8-15-2/h6-7,9,12H,4-5,8,14H2,1-3H3. The third-order valence-corrected chi connectivity index (χ3v) is 2.65. The first-order valence-electron chi connectivity index (χ1n) is 5.58. The molecule has 0 aliphatic carbocycles. The molecule has 0 fully saturated rings. The van der Waals surface area contributed by atoms with Crippen molar-refractivity contribution in [2.45, 2.75) is 25.8 Å². The molecule has 0 radical (unpaired) electrons. The molecule has 3 heteroatoms. The van der Waals surface area contributed by atoms with Gasteiger partial charge in [0.25, 0.3) is 0 Å². The highest BCUT2D eigenvalue weighted by Crippen LogP contribution is 2.27. The van der Waals surface area contributed by atoms with Crippen LogP contribution in [-0.4, -0.2) is 20.8 Å². The van der Waals surface area contributed by atoms with Crippen LogP contribution in [0.1, 0.15) is 30.0 Å². The lowest BCUT2D eigenvalue weighted by atomic mass is 10.0. The number of benzene rings is 1. The summed E-state index contributed by atoms with van der Waals surface area (Å²) in [6, 6.07) is 6.15. The molecule has 0 saturated carbocycles. The maximum atomic E-state index is 6.13. The van der Waals surface area contributed by atoms with E-state index in [1.54, 1.807) is 14.2 Å². The smallest absolute Gasteiger partial charge is 0.123 e. The van der Waals surface area contributed by atoms with Crippen LogP contribution in [0, 0.1) is 6.92 Å². The van der Waals surface area contributed by atoms with Crippen LogP contribution in [-0.2, 0) is 4.74 Å².